The lowest BCUT2D eigenvalue weighted by Gasteiger charge is -2.41. The molecular weight excluding hydrogens is 224 g/mol. The zero-order valence-electron chi connectivity index (χ0n) is 11.9. The van der Waals surface area contributed by atoms with Crippen molar-refractivity contribution in [3.8, 4) is 0 Å². The van der Waals surface area contributed by atoms with Crippen LogP contribution in [0.15, 0.2) is 0 Å². The van der Waals surface area contributed by atoms with Crippen molar-refractivity contribution < 1.29 is 5.11 Å². The average molecular weight is 254 g/mol. The number of hydrogen-bond donors (Lipinski definition) is 2. The van der Waals surface area contributed by atoms with Gasteiger partial charge < -0.3 is 15.3 Å². The van der Waals surface area contributed by atoms with Crippen molar-refractivity contribution in [2.24, 2.45) is 11.8 Å². The maximum atomic E-state index is 9.29. The van der Waals surface area contributed by atoms with Crippen molar-refractivity contribution in [1.82, 2.24) is 10.2 Å². The summed E-state index contributed by atoms with van der Waals surface area (Å²) in [6.07, 6.45) is 8.35. The second-order valence-electron chi connectivity index (χ2n) is 6.12. The number of nitrogens with one attached hydrogen (secondary N) is 1. The van der Waals surface area contributed by atoms with E-state index in [1.165, 1.54) is 45.2 Å². The fraction of sp³-hybridized carbons (Fsp3) is 1.00. The predicted octanol–water partition coefficient (Wildman–Crippen LogP) is 1.86. The monoisotopic (exact) mass is 254 g/mol. The summed E-state index contributed by atoms with van der Waals surface area (Å²) in [7, 11) is 0. The van der Waals surface area contributed by atoms with Crippen LogP contribution >= 0.6 is 0 Å². The smallest absolute Gasteiger partial charge is 0.0585 e. The molecule has 106 valence electrons. The Bertz CT molecular complexity index is 235. The van der Waals surface area contributed by atoms with Gasteiger partial charge in [-0.15, -0.1) is 0 Å². The van der Waals surface area contributed by atoms with Crippen LogP contribution in [0, 0.1) is 11.8 Å². The molecule has 2 fully saturated rings. The Balaban J connectivity index is 1.70. The lowest BCUT2D eigenvalue weighted by atomic mass is 9.75. The summed E-state index contributed by atoms with van der Waals surface area (Å²) in [5, 5.41) is 12.6. The second kappa shape index (κ2) is 7.46. The fourth-order valence-corrected chi connectivity index (χ4v) is 3.76. The maximum absolute atomic E-state index is 9.29. The van der Waals surface area contributed by atoms with E-state index in [2.05, 4.69) is 17.1 Å². The molecule has 1 saturated heterocycles. The normalized spacial score (nSPS) is 31.0. The van der Waals surface area contributed by atoms with E-state index >= 15 is 0 Å². The van der Waals surface area contributed by atoms with Crippen LogP contribution in [-0.4, -0.2) is 48.8 Å². The highest BCUT2D eigenvalue weighted by atomic mass is 16.3. The van der Waals surface area contributed by atoms with Gasteiger partial charge in [0.1, 0.15) is 0 Å². The largest absolute Gasteiger partial charge is 0.395 e. The van der Waals surface area contributed by atoms with Crippen molar-refractivity contribution in [1.29, 1.82) is 0 Å². The molecule has 3 heteroatoms. The van der Waals surface area contributed by atoms with E-state index < -0.39 is 0 Å². The lowest BCUT2D eigenvalue weighted by Crippen LogP contribution is -2.44. The van der Waals surface area contributed by atoms with E-state index in [0.29, 0.717) is 6.04 Å². The first-order chi connectivity index (χ1) is 8.83. The van der Waals surface area contributed by atoms with Crippen molar-refractivity contribution in [3.63, 3.8) is 0 Å². The maximum Gasteiger partial charge on any atom is 0.0585 e. The van der Waals surface area contributed by atoms with Crippen molar-refractivity contribution in [2.75, 3.05) is 32.8 Å². The second-order valence-corrected chi connectivity index (χ2v) is 6.12. The Morgan fingerprint density at radius 1 is 1.22 bits per heavy atom. The topological polar surface area (TPSA) is 35.5 Å². The van der Waals surface area contributed by atoms with Crippen molar-refractivity contribution >= 4 is 0 Å². The Morgan fingerprint density at radius 2 is 2.00 bits per heavy atom. The summed E-state index contributed by atoms with van der Waals surface area (Å²) in [6, 6.07) is 0.291. The molecule has 3 nitrogen and oxygen atoms in total. The third kappa shape index (κ3) is 3.94. The highest BCUT2D eigenvalue weighted by Gasteiger charge is 2.30. The molecule has 0 bridgehead atoms. The highest BCUT2D eigenvalue weighted by Crippen LogP contribution is 2.35. The zero-order chi connectivity index (χ0) is 12.8. The summed E-state index contributed by atoms with van der Waals surface area (Å²) in [6.45, 7) is 7.08. The molecule has 0 aromatic rings. The number of aliphatic hydroxyl groups is 1. The van der Waals surface area contributed by atoms with E-state index in [0.717, 1.165) is 31.3 Å². The molecule has 0 spiro atoms. The summed E-state index contributed by atoms with van der Waals surface area (Å²) < 4.78 is 0. The van der Waals surface area contributed by atoms with Gasteiger partial charge in [0.15, 0.2) is 0 Å². The van der Waals surface area contributed by atoms with Gasteiger partial charge >= 0.3 is 0 Å². The first kappa shape index (κ1) is 14.3. The summed E-state index contributed by atoms with van der Waals surface area (Å²) in [4.78, 5) is 2.63. The van der Waals surface area contributed by atoms with Crippen LogP contribution in [0.4, 0.5) is 0 Å². The summed E-state index contributed by atoms with van der Waals surface area (Å²) >= 11 is 0. The van der Waals surface area contributed by atoms with Gasteiger partial charge in [-0.2, -0.15) is 0 Å². The Kier molecular flexibility index (Phi) is 5.93. The number of rotatable bonds is 6. The molecule has 1 heterocycles. The molecule has 2 rings (SSSR count). The van der Waals surface area contributed by atoms with E-state index in [1.54, 1.807) is 0 Å². The first-order valence-corrected chi connectivity index (χ1v) is 7.90. The molecule has 0 amide bonds. The molecule has 0 aromatic heterocycles. The molecule has 2 N–H and O–H groups in total. The first-order valence-electron chi connectivity index (χ1n) is 7.90. The molecule has 3 atom stereocenters. The SMILES string of the molecule is CCNC(CO)CCN1CCC2CCCCC2C1. The van der Waals surface area contributed by atoms with Gasteiger partial charge in [-0.25, -0.2) is 0 Å². The Labute approximate surface area is 112 Å². The molecular formula is C15H30N2O. The quantitative estimate of drug-likeness (QED) is 0.759. The minimum atomic E-state index is 0.272. The molecule has 0 aromatic carbocycles. The van der Waals surface area contributed by atoms with Gasteiger partial charge in [-0.3, -0.25) is 0 Å². The standard InChI is InChI=1S/C15H30N2O/c1-2-16-15(12-18)8-10-17-9-7-13-5-3-4-6-14(13)11-17/h13-16,18H,2-12H2,1H3. The lowest BCUT2D eigenvalue weighted by molar-refractivity contribution is 0.0817. The number of likely N-dealkylation sites (N-methyl/N-ethyl adjacent to an activating group) is 1. The minimum absolute atomic E-state index is 0.272. The molecule has 0 radical (unpaired) electrons. The predicted molar refractivity (Wildman–Crippen MR) is 75.7 cm³/mol. The van der Waals surface area contributed by atoms with E-state index in [-0.39, 0.29) is 6.61 Å². The van der Waals surface area contributed by atoms with Gasteiger partial charge in [0, 0.05) is 12.6 Å². The zero-order valence-corrected chi connectivity index (χ0v) is 11.9. The van der Waals surface area contributed by atoms with Crippen LogP contribution in [0.1, 0.15) is 45.4 Å². The molecule has 1 saturated carbocycles. The van der Waals surface area contributed by atoms with Gasteiger partial charge in [-0.05, 0) is 50.7 Å². The van der Waals surface area contributed by atoms with E-state index in [1.807, 2.05) is 0 Å². The van der Waals surface area contributed by atoms with Gasteiger partial charge in [0.2, 0.25) is 0 Å². The van der Waals surface area contributed by atoms with Crippen LogP contribution < -0.4 is 5.32 Å². The number of likely N-dealkylation sites (tertiary alicyclic amines) is 1. The fourth-order valence-electron chi connectivity index (χ4n) is 3.76. The van der Waals surface area contributed by atoms with Gasteiger partial charge in [-0.1, -0.05) is 26.2 Å². The summed E-state index contributed by atoms with van der Waals surface area (Å²) in [5.74, 6) is 2.00. The van der Waals surface area contributed by atoms with Gasteiger partial charge in [0.05, 0.1) is 6.61 Å². The third-order valence-corrected chi connectivity index (χ3v) is 4.88. The highest BCUT2D eigenvalue weighted by molar-refractivity contribution is 4.84. The van der Waals surface area contributed by atoms with Crippen LogP contribution in [0.25, 0.3) is 0 Å². The summed E-state index contributed by atoms with van der Waals surface area (Å²) in [5.41, 5.74) is 0. The van der Waals surface area contributed by atoms with Crippen LogP contribution in [0.2, 0.25) is 0 Å². The van der Waals surface area contributed by atoms with Crippen molar-refractivity contribution in [2.45, 2.75) is 51.5 Å². The number of nitrogens with zero attached hydrogens (tertiary/aromatic N) is 1. The molecule has 1 aliphatic carbocycles. The van der Waals surface area contributed by atoms with Crippen molar-refractivity contribution in [3.05, 3.63) is 0 Å². The molecule has 18 heavy (non-hydrogen) atoms. The molecule has 3 unspecified atom stereocenters. The van der Waals surface area contributed by atoms with Crippen LogP contribution in [0.5, 0.6) is 0 Å². The number of fused-ring (bicyclic) bond motifs is 1. The Hall–Kier alpha value is -0.120. The molecule has 2 aliphatic rings. The number of aliphatic hydroxyl groups excluding tert-OH is 1. The third-order valence-electron chi connectivity index (χ3n) is 4.88. The van der Waals surface area contributed by atoms with E-state index in [4.69, 9.17) is 0 Å². The minimum Gasteiger partial charge on any atom is -0.395 e. The van der Waals surface area contributed by atoms with Crippen LogP contribution in [-0.2, 0) is 0 Å². The van der Waals surface area contributed by atoms with Crippen LogP contribution in [0.3, 0.4) is 0 Å². The Morgan fingerprint density at radius 3 is 2.72 bits per heavy atom. The van der Waals surface area contributed by atoms with E-state index in [9.17, 15) is 5.11 Å². The molecule has 1 aliphatic heterocycles. The average Bonchev–Trinajstić information content (AvgIpc) is 2.43. The number of hydrogen-bond acceptors (Lipinski definition) is 3. The number of piperidine rings is 1. The van der Waals surface area contributed by atoms with Gasteiger partial charge in [0.25, 0.3) is 0 Å².